The van der Waals surface area contributed by atoms with Crippen LogP contribution in [0.1, 0.15) is 13.0 Å². The van der Waals surface area contributed by atoms with Crippen molar-refractivity contribution in [1.82, 2.24) is 14.5 Å². The molecule has 1 N–H and O–H groups in total. The molecule has 1 atom stereocenters. The SMILES string of the molecule is CC(C(=O)O)n1cc(I)c2cncnc21. The summed E-state index contributed by atoms with van der Waals surface area (Å²) in [6.45, 7) is 1.62. The van der Waals surface area contributed by atoms with Crippen LogP contribution in [0.25, 0.3) is 11.0 Å². The smallest absolute Gasteiger partial charge is 0.326 e. The Bertz CT molecular complexity index is 523. The van der Waals surface area contributed by atoms with Crippen molar-refractivity contribution < 1.29 is 9.90 Å². The van der Waals surface area contributed by atoms with E-state index in [1.807, 2.05) is 0 Å². The molecule has 0 amide bonds. The first kappa shape index (κ1) is 10.3. The number of nitrogens with zero attached hydrogens (tertiary/aromatic N) is 3. The van der Waals surface area contributed by atoms with Crippen molar-refractivity contribution in [2.24, 2.45) is 0 Å². The highest BCUT2D eigenvalue weighted by Gasteiger charge is 2.17. The van der Waals surface area contributed by atoms with Gasteiger partial charge in [-0.25, -0.2) is 14.8 Å². The topological polar surface area (TPSA) is 68.0 Å². The number of fused-ring (bicyclic) bond motifs is 1. The van der Waals surface area contributed by atoms with Gasteiger partial charge in [-0.05, 0) is 29.5 Å². The van der Waals surface area contributed by atoms with Crippen molar-refractivity contribution in [3.05, 3.63) is 22.3 Å². The maximum atomic E-state index is 10.9. The average Bonchev–Trinajstić information content (AvgIpc) is 2.56. The molecular weight excluding hydrogens is 309 g/mol. The van der Waals surface area contributed by atoms with Gasteiger partial charge in [-0.2, -0.15) is 0 Å². The predicted molar refractivity (Wildman–Crippen MR) is 62.6 cm³/mol. The van der Waals surface area contributed by atoms with E-state index >= 15 is 0 Å². The van der Waals surface area contributed by atoms with Crippen molar-refractivity contribution in [1.29, 1.82) is 0 Å². The van der Waals surface area contributed by atoms with Crippen LogP contribution in [-0.4, -0.2) is 25.6 Å². The summed E-state index contributed by atoms with van der Waals surface area (Å²) in [5, 5.41) is 9.82. The Balaban J connectivity index is 2.67. The fourth-order valence-corrected chi connectivity index (χ4v) is 2.04. The van der Waals surface area contributed by atoms with Crippen molar-refractivity contribution in [3.63, 3.8) is 0 Å². The van der Waals surface area contributed by atoms with E-state index in [1.165, 1.54) is 6.33 Å². The quantitative estimate of drug-likeness (QED) is 0.856. The van der Waals surface area contributed by atoms with Gasteiger partial charge in [0.2, 0.25) is 0 Å². The van der Waals surface area contributed by atoms with Crippen LogP contribution < -0.4 is 0 Å². The molecule has 0 aliphatic heterocycles. The van der Waals surface area contributed by atoms with E-state index in [1.54, 1.807) is 23.9 Å². The van der Waals surface area contributed by atoms with E-state index in [0.717, 1.165) is 8.96 Å². The minimum absolute atomic E-state index is 0.620. The molecule has 2 heterocycles. The summed E-state index contributed by atoms with van der Waals surface area (Å²) in [4.78, 5) is 18.9. The molecule has 2 aromatic heterocycles. The number of hydrogen-bond donors (Lipinski definition) is 1. The molecule has 0 bridgehead atoms. The molecule has 0 aliphatic carbocycles. The van der Waals surface area contributed by atoms with Gasteiger partial charge in [0.1, 0.15) is 18.0 Å². The minimum atomic E-state index is -0.873. The number of halogens is 1. The van der Waals surface area contributed by atoms with E-state index in [9.17, 15) is 4.79 Å². The molecular formula is C9H8IN3O2. The molecule has 1 unspecified atom stereocenters. The predicted octanol–water partition coefficient (Wildman–Crippen LogP) is 1.68. The summed E-state index contributed by atoms with van der Waals surface area (Å²) < 4.78 is 2.59. The fraction of sp³-hybridized carbons (Fsp3) is 0.222. The van der Waals surface area contributed by atoms with Crippen LogP contribution in [-0.2, 0) is 4.79 Å². The Morgan fingerprint density at radius 3 is 3.07 bits per heavy atom. The fourth-order valence-electron chi connectivity index (χ4n) is 1.36. The molecule has 2 rings (SSSR count). The summed E-state index contributed by atoms with van der Waals surface area (Å²) >= 11 is 2.14. The van der Waals surface area contributed by atoms with Gasteiger partial charge < -0.3 is 9.67 Å². The van der Waals surface area contributed by atoms with Crippen LogP contribution >= 0.6 is 22.6 Å². The van der Waals surface area contributed by atoms with Crippen molar-refractivity contribution in [2.75, 3.05) is 0 Å². The number of hydrogen-bond acceptors (Lipinski definition) is 3. The molecule has 0 saturated heterocycles. The Labute approximate surface area is 99.3 Å². The first-order valence-corrected chi connectivity index (χ1v) is 5.38. The standard InChI is InChI=1S/C9H8IN3O2/c1-5(9(14)15)13-3-7(10)6-2-11-4-12-8(6)13/h2-5H,1H3,(H,14,15). The van der Waals surface area contributed by atoms with E-state index < -0.39 is 12.0 Å². The van der Waals surface area contributed by atoms with E-state index in [0.29, 0.717) is 5.65 Å². The number of carboxylic acid groups (broad SMARTS) is 1. The van der Waals surface area contributed by atoms with Gasteiger partial charge >= 0.3 is 5.97 Å². The number of carboxylic acids is 1. The molecule has 0 radical (unpaired) electrons. The highest BCUT2D eigenvalue weighted by Crippen LogP contribution is 2.23. The van der Waals surface area contributed by atoms with Gasteiger partial charge in [-0.3, -0.25) is 0 Å². The third kappa shape index (κ3) is 1.69. The van der Waals surface area contributed by atoms with Crippen molar-refractivity contribution >= 4 is 39.6 Å². The van der Waals surface area contributed by atoms with Gasteiger partial charge in [0.25, 0.3) is 0 Å². The molecule has 5 nitrogen and oxygen atoms in total. The second kappa shape index (κ2) is 3.76. The average molecular weight is 317 g/mol. The number of rotatable bonds is 2. The maximum Gasteiger partial charge on any atom is 0.326 e. The third-order valence-electron chi connectivity index (χ3n) is 2.22. The molecule has 78 valence electrons. The first-order valence-electron chi connectivity index (χ1n) is 4.30. The third-order valence-corrected chi connectivity index (χ3v) is 3.08. The highest BCUT2D eigenvalue weighted by atomic mass is 127. The molecule has 6 heteroatoms. The Morgan fingerprint density at radius 1 is 1.67 bits per heavy atom. The summed E-state index contributed by atoms with van der Waals surface area (Å²) in [5.41, 5.74) is 0.657. The van der Waals surface area contributed by atoms with E-state index in [-0.39, 0.29) is 0 Å². The summed E-state index contributed by atoms with van der Waals surface area (Å²) in [6, 6.07) is -0.620. The monoisotopic (exact) mass is 317 g/mol. The zero-order valence-corrected chi connectivity index (χ0v) is 10.0. The maximum absolute atomic E-state index is 10.9. The lowest BCUT2D eigenvalue weighted by Gasteiger charge is -2.08. The largest absolute Gasteiger partial charge is 0.480 e. The van der Waals surface area contributed by atoms with Crippen molar-refractivity contribution in [2.45, 2.75) is 13.0 Å². The molecule has 0 aliphatic rings. The molecule has 0 aromatic carbocycles. The van der Waals surface area contributed by atoms with Gasteiger partial charge in [-0.15, -0.1) is 0 Å². The van der Waals surface area contributed by atoms with E-state index in [2.05, 4.69) is 32.6 Å². The van der Waals surface area contributed by atoms with Crippen LogP contribution in [0, 0.1) is 3.57 Å². The van der Waals surface area contributed by atoms with Crippen LogP contribution in [0.4, 0.5) is 0 Å². The lowest BCUT2D eigenvalue weighted by Crippen LogP contribution is -2.14. The van der Waals surface area contributed by atoms with Crippen molar-refractivity contribution in [3.8, 4) is 0 Å². The van der Waals surface area contributed by atoms with Crippen LogP contribution in [0.15, 0.2) is 18.7 Å². The normalized spacial score (nSPS) is 12.9. The highest BCUT2D eigenvalue weighted by molar-refractivity contribution is 14.1. The summed E-state index contributed by atoms with van der Waals surface area (Å²) in [7, 11) is 0. The van der Waals surface area contributed by atoms with Crippen LogP contribution in [0.5, 0.6) is 0 Å². The van der Waals surface area contributed by atoms with Gasteiger partial charge in [0, 0.05) is 16.0 Å². The van der Waals surface area contributed by atoms with Crippen LogP contribution in [0.2, 0.25) is 0 Å². The minimum Gasteiger partial charge on any atom is -0.480 e. The first-order chi connectivity index (χ1) is 7.11. The molecule has 0 spiro atoms. The molecule has 0 saturated carbocycles. The van der Waals surface area contributed by atoms with Gasteiger partial charge in [0.05, 0.1) is 5.39 Å². The van der Waals surface area contributed by atoms with E-state index in [4.69, 9.17) is 5.11 Å². The summed E-state index contributed by atoms with van der Waals surface area (Å²) in [6.07, 6.45) is 4.89. The Morgan fingerprint density at radius 2 is 2.40 bits per heavy atom. The zero-order valence-electron chi connectivity index (χ0n) is 7.88. The Hall–Kier alpha value is -1.18. The van der Waals surface area contributed by atoms with Crippen LogP contribution in [0.3, 0.4) is 0 Å². The zero-order chi connectivity index (χ0) is 11.0. The Kier molecular flexibility index (Phi) is 2.59. The lowest BCUT2D eigenvalue weighted by atomic mass is 10.3. The number of aliphatic carboxylic acids is 1. The summed E-state index contributed by atoms with van der Waals surface area (Å²) in [5.74, 6) is -0.873. The number of carbonyl (C=O) groups is 1. The molecule has 0 fully saturated rings. The molecule has 2 aromatic rings. The second-order valence-corrected chi connectivity index (χ2v) is 4.32. The second-order valence-electron chi connectivity index (χ2n) is 3.16. The van der Waals surface area contributed by atoms with Gasteiger partial charge in [-0.1, -0.05) is 0 Å². The number of aromatic nitrogens is 3. The van der Waals surface area contributed by atoms with Gasteiger partial charge in [0.15, 0.2) is 0 Å². The molecule has 15 heavy (non-hydrogen) atoms. The lowest BCUT2D eigenvalue weighted by molar-refractivity contribution is -0.140.